The van der Waals surface area contributed by atoms with Gasteiger partial charge in [0.15, 0.2) is 0 Å². The first-order valence-electron chi connectivity index (χ1n) is 8.85. The van der Waals surface area contributed by atoms with E-state index in [1.54, 1.807) is 31.4 Å². The second kappa shape index (κ2) is 8.67. The summed E-state index contributed by atoms with van der Waals surface area (Å²) < 4.78 is 23.4. The monoisotopic (exact) mass is 422 g/mol. The van der Waals surface area contributed by atoms with Crippen molar-refractivity contribution >= 4 is 23.6 Å². The number of hydrogen-bond donors (Lipinski definition) is 2. The van der Waals surface area contributed by atoms with Crippen LogP contribution < -0.4 is 10.1 Å². The molecule has 3 rings (SSSR count). The van der Waals surface area contributed by atoms with Crippen LogP contribution >= 0.6 is 11.6 Å². The minimum absolute atomic E-state index is 0.0544. The highest BCUT2D eigenvalue weighted by atomic mass is 35.5. The predicted molar refractivity (Wildman–Crippen MR) is 103 cm³/mol. The van der Waals surface area contributed by atoms with Gasteiger partial charge in [-0.15, -0.1) is 0 Å². The second-order valence-corrected chi connectivity index (χ2v) is 7.07. The van der Waals surface area contributed by atoms with E-state index < -0.39 is 23.6 Å². The maximum Gasteiger partial charge on any atom is 0.410 e. The molecular weight excluding hydrogens is 403 g/mol. The van der Waals surface area contributed by atoms with Gasteiger partial charge in [0.05, 0.1) is 7.11 Å². The molecule has 2 aromatic carbocycles. The molecule has 0 aromatic heterocycles. The van der Waals surface area contributed by atoms with Crippen LogP contribution in [-0.4, -0.2) is 41.4 Å². The maximum absolute atomic E-state index is 13.3. The van der Waals surface area contributed by atoms with E-state index in [1.165, 1.54) is 17.0 Å². The fourth-order valence-corrected chi connectivity index (χ4v) is 3.26. The van der Waals surface area contributed by atoms with Gasteiger partial charge >= 0.3 is 6.09 Å². The number of benzene rings is 2. The third-order valence-corrected chi connectivity index (χ3v) is 4.71. The number of ether oxygens (including phenoxy) is 2. The minimum atomic E-state index is -2.24. The predicted octanol–water partition coefficient (Wildman–Crippen LogP) is 2.84. The fraction of sp³-hybridized carbons (Fsp3) is 0.300. The number of alkyl carbamates (subject to hydrolysis) is 1. The molecule has 0 unspecified atom stereocenters. The average molecular weight is 423 g/mol. The Bertz CT molecular complexity index is 888. The van der Waals surface area contributed by atoms with Crippen LogP contribution in [0.5, 0.6) is 5.75 Å². The first-order valence-corrected chi connectivity index (χ1v) is 9.23. The van der Waals surface area contributed by atoms with Crippen LogP contribution in [0.4, 0.5) is 9.18 Å². The summed E-state index contributed by atoms with van der Waals surface area (Å²) in [4.78, 5) is 26.0. The van der Waals surface area contributed by atoms with E-state index in [0.717, 1.165) is 11.6 Å². The quantitative estimate of drug-likeness (QED) is 0.699. The van der Waals surface area contributed by atoms with E-state index in [1.807, 2.05) is 0 Å². The SMILES string of the molecule is COc1ccc(CN2CC[C@@](O)(OC(=O)NCc3cc(F)cc(Cl)c3)C2=O)cc1. The number of nitrogens with one attached hydrogen (secondary N) is 1. The number of nitrogens with zero attached hydrogens (tertiary/aromatic N) is 1. The highest BCUT2D eigenvalue weighted by Gasteiger charge is 2.49. The number of carbonyl (C=O) groups is 2. The average Bonchev–Trinajstić information content (AvgIpc) is 2.94. The topological polar surface area (TPSA) is 88.1 Å². The van der Waals surface area contributed by atoms with Gasteiger partial charge in [-0.2, -0.15) is 0 Å². The zero-order chi connectivity index (χ0) is 21.0. The molecule has 1 saturated heterocycles. The Labute approximate surface area is 172 Å². The van der Waals surface area contributed by atoms with Crippen LogP contribution in [0, 0.1) is 5.82 Å². The molecule has 1 fully saturated rings. The van der Waals surface area contributed by atoms with Crippen molar-refractivity contribution in [2.24, 2.45) is 0 Å². The lowest BCUT2D eigenvalue weighted by molar-refractivity contribution is -0.182. The van der Waals surface area contributed by atoms with E-state index in [4.69, 9.17) is 21.1 Å². The van der Waals surface area contributed by atoms with Crippen molar-refractivity contribution in [3.05, 3.63) is 64.4 Å². The molecule has 2 amide bonds. The van der Waals surface area contributed by atoms with Gasteiger partial charge in [-0.25, -0.2) is 9.18 Å². The molecule has 0 radical (unpaired) electrons. The molecule has 2 aromatic rings. The molecule has 1 atom stereocenters. The van der Waals surface area contributed by atoms with Gasteiger partial charge in [0.1, 0.15) is 11.6 Å². The summed E-state index contributed by atoms with van der Waals surface area (Å²) in [6.07, 6.45) is -1.05. The second-order valence-electron chi connectivity index (χ2n) is 6.63. The largest absolute Gasteiger partial charge is 0.497 e. The standard InChI is InChI=1S/C20H20ClFN2O5/c1-28-17-4-2-13(3-5-17)12-24-7-6-20(27,18(24)25)29-19(26)23-11-14-8-15(21)10-16(22)9-14/h2-5,8-10,27H,6-7,11-12H2,1H3,(H,23,26)/t20-/m1/s1. The van der Waals surface area contributed by atoms with E-state index in [-0.39, 0.29) is 31.1 Å². The maximum atomic E-state index is 13.3. The fourth-order valence-electron chi connectivity index (χ4n) is 3.02. The number of aliphatic hydroxyl groups is 1. The van der Waals surface area contributed by atoms with Crippen molar-refractivity contribution in [3.8, 4) is 5.75 Å². The van der Waals surface area contributed by atoms with Gasteiger partial charge in [0.2, 0.25) is 0 Å². The summed E-state index contributed by atoms with van der Waals surface area (Å²) >= 11 is 5.76. The lowest BCUT2D eigenvalue weighted by atomic mass is 10.2. The first kappa shape index (κ1) is 20.9. The third kappa shape index (κ3) is 5.16. The summed E-state index contributed by atoms with van der Waals surface area (Å²) in [5, 5.41) is 13.0. The zero-order valence-electron chi connectivity index (χ0n) is 15.7. The Morgan fingerprint density at radius 2 is 2.00 bits per heavy atom. The summed E-state index contributed by atoms with van der Waals surface area (Å²) in [6, 6.07) is 11.0. The first-order chi connectivity index (χ1) is 13.8. The number of rotatable bonds is 6. The molecule has 0 aliphatic carbocycles. The number of likely N-dealkylation sites (tertiary alicyclic amines) is 1. The van der Waals surface area contributed by atoms with Crippen LogP contribution in [0.3, 0.4) is 0 Å². The number of amides is 2. The van der Waals surface area contributed by atoms with E-state index in [2.05, 4.69) is 5.32 Å². The van der Waals surface area contributed by atoms with Crippen molar-refractivity contribution in [1.29, 1.82) is 0 Å². The van der Waals surface area contributed by atoms with Gasteiger partial charge in [0, 0.05) is 31.1 Å². The number of hydrogen-bond acceptors (Lipinski definition) is 5. The molecular formula is C20H20ClFN2O5. The van der Waals surface area contributed by atoms with Gasteiger partial charge in [0.25, 0.3) is 11.7 Å². The molecule has 154 valence electrons. The Morgan fingerprint density at radius 3 is 2.66 bits per heavy atom. The molecule has 9 heteroatoms. The molecule has 0 bridgehead atoms. The molecule has 29 heavy (non-hydrogen) atoms. The summed E-state index contributed by atoms with van der Waals surface area (Å²) in [7, 11) is 1.56. The van der Waals surface area contributed by atoms with Crippen molar-refractivity contribution in [1.82, 2.24) is 10.2 Å². The molecule has 0 saturated carbocycles. The molecule has 0 spiro atoms. The molecule has 2 N–H and O–H groups in total. The summed E-state index contributed by atoms with van der Waals surface area (Å²) in [5.41, 5.74) is 1.26. The van der Waals surface area contributed by atoms with Gasteiger partial charge in [-0.3, -0.25) is 4.79 Å². The zero-order valence-corrected chi connectivity index (χ0v) is 16.4. The van der Waals surface area contributed by atoms with E-state index in [9.17, 15) is 19.1 Å². The van der Waals surface area contributed by atoms with E-state index in [0.29, 0.717) is 11.3 Å². The van der Waals surface area contributed by atoms with Crippen LogP contribution in [0.2, 0.25) is 5.02 Å². The highest BCUT2D eigenvalue weighted by Crippen LogP contribution is 2.26. The Kier molecular flexibility index (Phi) is 6.24. The van der Waals surface area contributed by atoms with Crippen LogP contribution in [0.25, 0.3) is 0 Å². The molecule has 1 heterocycles. The lowest BCUT2D eigenvalue weighted by Gasteiger charge is -2.22. The highest BCUT2D eigenvalue weighted by molar-refractivity contribution is 6.30. The lowest BCUT2D eigenvalue weighted by Crippen LogP contribution is -2.45. The van der Waals surface area contributed by atoms with Gasteiger partial charge < -0.3 is 24.8 Å². The third-order valence-electron chi connectivity index (χ3n) is 4.50. The minimum Gasteiger partial charge on any atom is -0.497 e. The normalized spacial score (nSPS) is 18.6. The van der Waals surface area contributed by atoms with Crippen molar-refractivity contribution in [2.45, 2.75) is 25.3 Å². The summed E-state index contributed by atoms with van der Waals surface area (Å²) in [6.45, 7) is 0.419. The van der Waals surface area contributed by atoms with Crippen LogP contribution in [0.1, 0.15) is 17.5 Å². The van der Waals surface area contributed by atoms with Crippen molar-refractivity contribution in [2.75, 3.05) is 13.7 Å². The molecule has 1 aliphatic rings. The summed E-state index contributed by atoms with van der Waals surface area (Å²) in [5.74, 6) is -2.79. The van der Waals surface area contributed by atoms with Gasteiger partial charge in [-0.05, 0) is 41.5 Å². The molecule has 1 aliphatic heterocycles. The number of carbonyl (C=O) groups excluding carboxylic acids is 2. The smallest absolute Gasteiger partial charge is 0.410 e. The van der Waals surface area contributed by atoms with Crippen LogP contribution in [0.15, 0.2) is 42.5 Å². The molecule has 7 nitrogen and oxygen atoms in total. The van der Waals surface area contributed by atoms with E-state index >= 15 is 0 Å². The van der Waals surface area contributed by atoms with Crippen molar-refractivity contribution in [3.63, 3.8) is 0 Å². The number of halogens is 2. The number of methoxy groups -OCH3 is 1. The van der Waals surface area contributed by atoms with Crippen molar-refractivity contribution < 1.29 is 28.6 Å². The Balaban J connectivity index is 1.55. The Morgan fingerprint density at radius 1 is 1.28 bits per heavy atom. The Hall–Kier alpha value is -2.84. The van der Waals surface area contributed by atoms with Crippen LogP contribution in [-0.2, 0) is 22.6 Å². The van der Waals surface area contributed by atoms with Gasteiger partial charge in [-0.1, -0.05) is 23.7 Å².